The molecule has 2 fully saturated rings. The van der Waals surface area contributed by atoms with E-state index in [1.807, 2.05) is 6.07 Å². The molecule has 3 rings (SSSR count). The van der Waals surface area contributed by atoms with E-state index >= 15 is 0 Å². The van der Waals surface area contributed by atoms with Crippen LogP contribution < -0.4 is 5.73 Å². The van der Waals surface area contributed by atoms with Gasteiger partial charge in [0.05, 0.1) is 0 Å². The number of nitrogens with two attached hydrogens (primary N) is 1. The Morgan fingerprint density at radius 1 is 1.29 bits per heavy atom. The van der Waals surface area contributed by atoms with Crippen molar-refractivity contribution in [1.29, 1.82) is 0 Å². The zero-order chi connectivity index (χ0) is 11.8. The van der Waals surface area contributed by atoms with Crippen molar-refractivity contribution in [3.8, 4) is 0 Å². The van der Waals surface area contributed by atoms with Gasteiger partial charge in [-0.05, 0) is 24.4 Å². The monoisotopic (exact) mass is 230 g/mol. The van der Waals surface area contributed by atoms with E-state index in [1.54, 1.807) is 0 Å². The molecular formula is C14H18N2O. The molecule has 3 unspecified atom stereocenters. The number of hydrogen-bond acceptors (Lipinski definition) is 2. The highest BCUT2D eigenvalue weighted by molar-refractivity contribution is 5.79. The first kappa shape index (κ1) is 10.8. The van der Waals surface area contributed by atoms with Crippen LogP contribution in [0.15, 0.2) is 30.3 Å². The van der Waals surface area contributed by atoms with E-state index in [2.05, 4.69) is 29.2 Å². The van der Waals surface area contributed by atoms with E-state index in [0.717, 1.165) is 13.0 Å². The molecule has 1 aromatic rings. The standard InChI is InChI=1S/C14H18N2O/c15-8-10-6-14(17)16(9-10)13-7-12(13)11-4-2-1-3-5-11/h1-5,10,12-13H,6-9,15H2. The molecule has 0 radical (unpaired) electrons. The summed E-state index contributed by atoms with van der Waals surface area (Å²) in [6.45, 7) is 1.49. The van der Waals surface area contributed by atoms with Crippen LogP contribution in [0.1, 0.15) is 24.3 Å². The quantitative estimate of drug-likeness (QED) is 0.852. The van der Waals surface area contributed by atoms with Crippen LogP contribution in [0.2, 0.25) is 0 Å². The summed E-state index contributed by atoms with van der Waals surface area (Å²) >= 11 is 0. The molecule has 1 aliphatic heterocycles. The van der Waals surface area contributed by atoms with E-state index in [1.165, 1.54) is 5.56 Å². The van der Waals surface area contributed by atoms with Gasteiger partial charge >= 0.3 is 0 Å². The zero-order valence-electron chi connectivity index (χ0n) is 9.88. The molecule has 17 heavy (non-hydrogen) atoms. The molecule has 0 aromatic heterocycles. The van der Waals surface area contributed by atoms with Crippen LogP contribution in [0.5, 0.6) is 0 Å². The van der Waals surface area contributed by atoms with Crippen molar-refractivity contribution in [3.63, 3.8) is 0 Å². The number of rotatable bonds is 3. The highest BCUT2D eigenvalue weighted by Gasteiger charge is 2.47. The van der Waals surface area contributed by atoms with Crippen LogP contribution in [0, 0.1) is 5.92 Å². The van der Waals surface area contributed by atoms with E-state index in [-0.39, 0.29) is 0 Å². The summed E-state index contributed by atoms with van der Waals surface area (Å²) in [4.78, 5) is 13.9. The average molecular weight is 230 g/mol. The van der Waals surface area contributed by atoms with Gasteiger partial charge in [0.25, 0.3) is 0 Å². The Bertz CT molecular complexity index is 417. The minimum absolute atomic E-state index is 0.295. The maximum Gasteiger partial charge on any atom is 0.223 e. The molecule has 1 saturated carbocycles. The van der Waals surface area contributed by atoms with Gasteiger partial charge in [0.2, 0.25) is 5.91 Å². The molecule has 0 spiro atoms. The predicted molar refractivity (Wildman–Crippen MR) is 66.5 cm³/mol. The van der Waals surface area contributed by atoms with Crippen molar-refractivity contribution in [2.75, 3.05) is 13.1 Å². The second kappa shape index (κ2) is 4.15. The first-order valence-corrected chi connectivity index (χ1v) is 6.34. The minimum Gasteiger partial charge on any atom is -0.339 e. The Hall–Kier alpha value is -1.35. The van der Waals surface area contributed by atoms with Gasteiger partial charge in [0, 0.05) is 24.9 Å². The smallest absolute Gasteiger partial charge is 0.223 e. The largest absolute Gasteiger partial charge is 0.339 e. The fourth-order valence-corrected chi connectivity index (χ4v) is 2.87. The van der Waals surface area contributed by atoms with Crippen LogP contribution in [0.25, 0.3) is 0 Å². The molecule has 0 bridgehead atoms. The van der Waals surface area contributed by atoms with Crippen LogP contribution in [-0.2, 0) is 4.79 Å². The Labute approximate surface area is 102 Å². The second-order valence-electron chi connectivity index (χ2n) is 5.17. The summed E-state index contributed by atoms with van der Waals surface area (Å²) in [5.74, 6) is 1.22. The molecule has 1 aromatic carbocycles. The number of benzene rings is 1. The lowest BCUT2D eigenvalue weighted by molar-refractivity contribution is -0.128. The lowest BCUT2D eigenvalue weighted by Gasteiger charge is -2.16. The van der Waals surface area contributed by atoms with Crippen LogP contribution >= 0.6 is 0 Å². The summed E-state index contributed by atoms with van der Waals surface area (Å²) in [6.07, 6.45) is 1.77. The summed E-state index contributed by atoms with van der Waals surface area (Å²) < 4.78 is 0. The molecule has 3 atom stereocenters. The lowest BCUT2D eigenvalue weighted by atomic mass is 10.1. The summed E-state index contributed by atoms with van der Waals surface area (Å²) in [6, 6.07) is 10.9. The number of hydrogen-bond donors (Lipinski definition) is 1. The fourth-order valence-electron chi connectivity index (χ4n) is 2.87. The number of likely N-dealkylation sites (tertiary alicyclic amines) is 1. The third-order valence-electron chi connectivity index (χ3n) is 3.96. The minimum atomic E-state index is 0.295. The van der Waals surface area contributed by atoms with Crippen LogP contribution in [-0.4, -0.2) is 29.9 Å². The Morgan fingerprint density at radius 3 is 2.71 bits per heavy atom. The Balaban J connectivity index is 1.67. The van der Waals surface area contributed by atoms with Gasteiger partial charge in [-0.2, -0.15) is 0 Å². The van der Waals surface area contributed by atoms with Crippen molar-refractivity contribution in [2.24, 2.45) is 11.7 Å². The highest BCUT2D eigenvalue weighted by atomic mass is 16.2. The van der Waals surface area contributed by atoms with Crippen molar-refractivity contribution >= 4 is 5.91 Å². The van der Waals surface area contributed by atoms with Gasteiger partial charge in [-0.1, -0.05) is 30.3 Å². The van der Waals surface area contributed by atoms with Crippen molar-refractivity contribution in [2.45, 2.75) is 24.8 Å². The Morgan fingerprint density at radius 2 is 2.06 bits per heavy atom. The average Bonchev–Trinajstić information content (AvgIpc) is 3.07. The summed E-state index contributed by atoms with van der Waals surface area (Å²) in [5, 5.41) is 0. The van der Waals surface area contributed by atoms with Gasteiger partial charge in [-0.25, -0.2) is 0 Å². The SMILES string of the molecule is NCC1CC(=O)N(C2CC2c2ccccc2)C1. The fraction of sp³-hybridized carbons (Fsp3) is 0.500. The molecule has 2 N–H and O–H groups in total. The second-order valence-corrected chi connectivity index (χ2v) is 5.17. The number of amides is 1. The van der Waals surface area contributed by atoms with Crippen molar-refractivity contribution in [1.82, 2.24) is 4.90 Å². The first-order valence-electron chi connectivity index (χ1n) is 6.34. The molecule has 2 aliphatic rings. The van der Waals surface area contributed by atoms with Crippen molar-refractivity contribution in [3.05, 3.63) is 35.9 Å². The number of carbonyl (C=O) groups excluding carboxylic acids is 1. The topological polar surface area (TPSA) is 46.3 Å². The first-order chi connectivity index (χ1) is 8.29. The van der Waals surface area contributed by atoms with Gasteiger partial charge in [0.15, 0.2) is 0 Å². The van der Waals surface area contributed by atoms with Gasteiger partial charge < -0.3 is 10.6 Å². The zero-order valence-corrected chi connectivity index (χ0v) is 9.88. The van der Waals surface area contributed by atoms with Crippen LogP contribution in [0.3, 0.4) is 0 Å². The third-order valence-corrected chi connectivity index (χ3v) is 3.96. The van der Waals surface area contributed by atoms with Gasteiger partial charge in [0.1, 0.15) is 0 Å². The number of nitrogens with zero attached hydrogens (tertiary/aromatic N) is 1. The van der Waals surface area contributed by atoms with Gasteiger partial charge in [-0.15, -0.1) is 0 Å². The Kier molecular flexibility index (Phi) is 2.63. The third kappa shape index (κ3) is 1.95. The summed E-state index contributed by atoms with van der Waals surface area (Å²) in [7, 11) is 0. The molecule has 3 nitrogen and oxygen atoms in total. The molecule has 1 amide bonds. The highest BCUT2D eigenvalue weighted by Crippen LogP contribution is 2.46. The lowest BCUT2D eigenvalue weighted by Crippen LogP contribution is -2.29. The van der Waals surface area contributed by atoms with Gasteiger partial charge in [-0.3, -0.25) is 4.79 Å². The van der Waals surface area contributed by atoms with E-state index in [4.69, 9.17) is 5.73 Å². The predicted octanol–water partition coefficient (Wildman–Crippen LogP) is 1.35. The molecular weight excluding hydrogens is 212 g/mol. The maximum atomic E-state index is 11.9. The molecule has 1 heterocycles. The molecule has 90 valence electrons. The molecule has 3 heteroatoms. The summed E-state index contributed by atoms with van der Waals surface area (Å²) in [5.41, 5.74) is 7.01. The number of carbonyl (C=O) groups is 1. The van der Waals surface area contributed by atoms with E-state index < -0.39 is 0 Å². The van der Waals surface area contributed by atoms with Crippen LogP contribution in [0.4, 0.5) is 0 Å². The van der Waals surface area contributed by atoms with E-state index in [0.29, 0.717) is 36.8 Å². The normalized spacial score (nSPS) is 31.9. The van der Waals surface area contributed by atoms with E-state index in [9.17, 15) is 4.79 Å². The maximum absolute atomic E-state index is 11.9. The van der Waals surface area contributed by atoms with Crippen molar-refractivity contribution < 1.29 is 4.79 Å². The molecule has 1 aliphatic carbocycles. The molecule has 1 saturated heterocycles.